The lowest BCUT2D eigenvalue weighted by molar-refractivity contribution is 1.49. The molecule has 0 heteroatoms. The van der Waals surface area contributed by atoms with Crippen LogP contribution in [0, 0.1) is 26.0 Å². The fourth-order valence-electron chi connectivity index (χ4n) is 1.48. The van der Waals surface area contributed by atoms with E-state index in [4.69, 9.17) is 0 Å². The van der Waals surface area contributed by atoms with Gasteiger partial charge >= 0.3 is 0 Å². The monoisotopic (exact) mass is 154 g/mol. The number of fused-ring (bicyclic) bond motifs is 1. The van der Waals surface area contributed by atoms with Gasteiger partial charge < -0.3 is 0 Å². The highest BCUT2D eigenvalue weighted by Gasteiger charge is 1.96. The Bertz CT molecular complexity index is 372. The van der Waals surface area contributed by atoms with E-state index in [1.807, 2.05) is 6.07 Å². The van der Waals surface area contributed by atoms with Crippen LogP contribution >= 0.6 is 0 Å². The summed E-state index contributed by atoms with van der Waals surface area (Å²) in [4.78, 5) is 0. The van der Waals surface area contributed by atoms with E-state index in [0.29, 0.717) is 0 Å². The van der Waals surface area contributed by atoms with E-state index < -0.39 is 0 Å². The van der Waals surface area contributed by atoms with Crippen LogP contribution in [-0.4, -0.2) is 0 Å². The Hall–Kier alpha value is -1.48. The zero-order valence-corrected chi connectivity index (χ0v) is 7.31. The number of hydrogen-bond donors (Lipinski definition) is 0. The van der Waals surface area contributed by atoms with E-state index >= 15 is 0 Å². The van der Waals surface area contributed by atoms with Crippen molar-refractivity contribution < 1.29 is 0 Å². The molecule has 2 rings (SSSR count). The maximum absolute atomic E-state index is 3.08. The van der Waals surface area contributed by atoms with Gasteiger partial charge in [-0.25, -0.2) is 0 Å². The normalized spacial score (nSPS) is 9.83. The van der Waals surface area contributed by atoms with Gasteiger partial charge in [0.15, 0.2) is 0 Å². The van der Waals surface area contributed by atoms with E-state index in [2.05, 4.69) is 44.2 Å². The van der Waals surface area contributed by atoms with Gasteiger partial charge in [0.2, 0.25) is 0 Å². The van der Waals surface area contributed by atoms with Crippen LogP contribution in [0.15, 0.2) is 24.3 Å². The third-order valence-electron chi connectivity index (χ3n) is 2.20. The minimum Gasteiger partial charge on any atom is -0.0693 e. The third kappa shape index (κ3) is 0.950. The van der Waals surface area contributed by atoms with Gasteiger partial charge in [-0.05, 0) is 36.2 Å². The van der Waals surface area contributed by atoms with Crippen molar-refractivity contribution in [2.75, 3.05) is 0 Å². The standard InChI is InChI=1S/C12H10/c1-9-5-3-8-12-10(2)6-4-7-11(9)12/h3,5,7-8H,1-2H3. The van der Waals surface area contributed by atoms with Gasteiger partial charge in [-0.3, -0.25) is 0 Å². The van der Waals surface area contributed by atoms with Gasteiger partial charge in [0.05, 0.1) is 0 Å². The SMILES string of the molecule is Cc1c#ccc2c(C)cccc12. The molecule has 2 aromatic carbocycles. The first-order chi connectivity index (χ1) is 5.79. The summed E-state index contributed by atoms with van der Waals surface area (Å²) in [5.74, 6) is 0. The molecule has 0 heterocycles. The second kappa shape index (κ2) is 2.53. The van der Waals surface area contributed by atoms with E-state index in [9.17, 15) is 0 Å². The molecule has 0 fully saturated rings. The van der Waals surface area contributed by atoms with Crippen LogP contribution in [0.5, 0.6) is 0 Å². The molecule has 0 atom stereocenters. The van der Waals surface area contributed by atoms with Gasteiger partial charge in [0.25, 0.3) is 0 Å². The quantitative estimate of drug-likeness (QED) is 0.547. The van der Waals surface area contributed by atoms with Crippen molar-refractivity contribution in [1.29, 1.82) is 0 Å². The Kier molecular flexibility index (Phi) is 1.52. The first kappa shape index (κ1) is 7.18. The van der Waals surface area contributed by atoms with Gasteiger partial charge in [0.1, 0.15) is 0 Å². The van der Waals surface area contributed by atoms with E-state index in [1.165, 1.54) is 21.9 Å². The topological polar surface area (TPSA) is 0 Å². The number of benzene rings is 1. The highest BCUT2D eigenvalue weighted by Crippen LogP contribution is 2.18. The molecule has 0 saturated heterocycles. The summed E-state index contributed by atoms with van der Waals surface area (Å²) in [5.41, 5.74) is 2.48. The lowest BCUT2D eigenvalue weighted by Crippen LogP contribution is -1.78. The van der Waals surface area contributed by atoms with Crippen molar-refractivity contribution in [3.05, 3.63) is 47.5 Å². The highest BCUT2D eigenvalue weighted by molar-refractivity contribution is 5.87. The molecule has 58 valence electrons. The summed E-state index contributed by atoms with van der Waals surface area (Å²) < 4.78 is 0. The molecule has 0 spiro atoms. The van der Waals surface area contributed by atoms with Crippen molar-refractivity contribution in [3.63, 3.8) is 0 Å². The summed E-state index contributed by atoms with van der Waals surface area (Å²) in [6.45, 7) is 4.19. The zero-order chi connectivity index (χ0) is 8.55. The first-order valence-corrected chi connectivity index (χ1v) is 4.07. The van der Waals surface area contributed by atoms with Crippen LogP contribution in [0.25, 0.3) is 10.8 Å². The van der Waals surface area contributed by atoms with Crippen LogP contribution in [-0.2, 0) is 0 Å². The fraction of sp³-hybridized carbons (Fsp3) is 0.167. The second-order valence-electron chi connectivity index (χ2n) is 3.07. The molecule has 0 amide bonds. The summed E-state index contributed by atoms with van der Waals surface area (Å²) in [5, 5.41) is 2.57. The first-order valence-electron chi connectivity index (χ1n) is 4.07. The Morgan fingerprint density at radius 1 is 1.08 bits per heavy atom. The van der Waals surface area contributed by atoms with E-state index in [0.717, 1.165) is 0 Å². The zero-order valence-electron chi connectivity index (χ0n) is 7.31. The summed E-state index contributed by atoms with van der Waals surface area (Å²) >= 11 is 0. The average Bonchev–Trinajstić information content (AvgIpc) is 2.07. The largest absolute Gasteiger partial charge is 0.0693 e. The molecular formula is C12H10. The van der Waals surface area contributed by atoms with Gasteiger partial charge in [-0.2, -0.15) is 0 Å². The van der Waals surface area contributed by atoms with Crippen molar-refractivity contribution in [2.24, 2.45) is 0 Å². The minimum atomic E-state index is 1.18. The third-order valence-corrected chi connectivity index (χ3v) is 2.20. The predicted molar refractivity (Wildman–Crippen MR) is 51.1 cm³/mol. The van der Waals surface area contributed by atoms with Crippen LogP contribution < -0.4 is 0 Å². The van der Waals surface area contributed by atoms with Crippen LogP contribution in [0.3, 0.4) is 0 Å². The maximum atomic E-state index is 3.08. The lowest BCUT2D eigenvalue weighted by atomic mass is 10.0. The number of hydrogen-bond acceptors (Lipinski definition) is 0. The van der Waals surface area contributed by atoms with Crippen LogP contribution in [0.1, 0.15) is 11.1 Å². The molecule has 0 radical (unpaired) electrons. The molecule has 0 aliphatic carbocycles. The smallest absolute Gasteiger partial charge is 0.00715 e. The molecule has 0 aliphatic heterocycles. The van der Waals surface area contributed by atoms with Gasteiger partial charge in [-0.15, -0.1) is 0 Å². The van der Waals surface area contributed by atoms with Crippen LogP contribution in [0.2, 0.25) is 0 Å². The molecule has 0 bridgehead atoms. The molecular weight excluding hydrogens is 144 g/mol. The average molecular weight is 154 g/mol. The maximum Gasteiger partial charge on any atom is 0.00715 e. The fourth-order valence-corrected chi connectivity index (χ4v) is 1.48. The van der Waals surface area contributed by atoms with Gasteiger partial charge in [0, 0.05) is 5.56 Å². The molecule has 0 saturated carbocycles. The summed E-state index contributed by atoms with van der Waals surface area (Å²) in [6.07, 6.45) is 0. The highest BCUT2D eigenvalue weighted by atomic mass is 14.0. The Morgan fingerprint density at radius 3 is 2.67 bits per heavy atom. The van der Waals surface area contributed by atoms with E-state index in [1.54, 1.807) is 0 Å². The summed E-state index contributed by atoms with van der Waals surface area (Å²) in [6, 6.07) is 14.4. The van der Waals surface area contributed by atoms with Crippen LogP contribution in [0.4, 0.5) is 0 Å². The van der Waals surface area contributed by atoms with Crippen molar-refractivity contribution in [3.8, 4) is 0 Å². The molecule has 2 aromatic rings. The Labute approximate surface area is 72.8 Å². The minimum absolute atomic E-state index is 1.18. The number of aryl methyl sites for hydroxylation is 2. The Morgan fingerprint density at radius 2 is 1.92 bits per heavy atom. The molecule has 0 aliphatic rings. The molecule has 0 unspecified atom stereocenters. The van der Waals surface area contributed by atoms with Crippen molar-refractivity contribution in [1.82, 2.24) is 0 Å². The molecule has 0 aromatic heterocycles. The lowest BCUT2D eigenvalue weighted by Gasteiger charge is -2.00. The molecule has 12 heavy (non-hydrogen) atoms. The predicted octanol–water partition coefficient (Wildman–Crippen LogP) is 3.06. The molecule has 0 nitrogen and oxygen atoms in total. The van der Waals surface area contributed by atoms with Crippen molar-refractivity contribution >= 4 is 10.8 Å². The van der Waals surface area contributed by atoms with Crippen molar-refractivity contribution in [2.45, 2.75) is 13.8 Å². The Balaban J connectivity index is 2.94. The number of rotatable bonds is 0. The summed E-state index contributed by atoms with van der Waals surface area (Å²) in [7, 11) is 0. The molecule has 0 N–H and O–H groups in total. The van der Waals surface area contributed by atoms with E-state index in [-0.39, 0.29) is 0 Å². The second-order valence-corrected chi connectivity index (χ2v) is 3.07. The van der Waals surface area contributed by atoms with Gasteiger partial charge in [-0.1, -0.05) is 30.3 Å².